The molecule has 0 N–H and O–H groups in total. The Hall–Kier alpha value is -0.595. The fourth-order valence-corrected chi connectivity index (χ4v) is 0.996. The first-order valence-corrected chi connectivity index (χ1v) is 4.19. The van der Waals surface area contributed by atoms with Crippen molar-refractivity contribution in [2.45, 2.75) is 39.8 Å². The van der Waals surface area contributed by atoms with Crippen LogP contribution in [0.15, 0.2) is 12.4 Å². The maximum absolute atomic E-state index is 2.21. The quantitative estimate of drug-likeness (QED) is 0.550. The highest BCUT2D eigenvalue weighted by atomic mass is 15.2. The van der Waals surface area contributed by atoms with Gasteiger partial charge >= 0.3 is 7.55 Å². The van der Waals surface area contributed by atoms with Crippen molar-refractivity contribution in [1.29, 1.82) is 0 Å². The highest BCUT2D eigenvalue weighted by Crippen LogP contribution is 2.10. The second-order valence-electron chi connectivity index (χ2n) is 3.50. The average Bonchev–Trinajstić information content (AvgIpc) is 2.33. The van der Waals surface area contributed by atoms with Crippen molar-refractivity contribution >= 4 is 7.55 Å². The molecular weight excluding hydrogens is 135 g/mol. The maximum atomic E-state index is 2.21. The molecule has 0 spiro atoms. The standard InChI is InChI=1S/C8H16BN2/c1-7(2)10-5-6-11(9-10)8(3)4/h5-8H,1-4H3. The summed E-state index contributed by atoms with van der Waals surface area (Å²) in [5, 5.41) is 0. The van der Waals surface area contributed by atoms with Gasteiger partial charge in [0.2, 0.25) is 0 Å². The minimum absolute atomic E-state index is 0.565. The normalized spacial score (nSPS) is 16.9. The molecule has 0 fully saturated rings. The van der Waals surface area contributed by atoms with Crippen LogP contribution in [0.2, 0.25) is 0 Å². The summed E-state index contributed by atoms with van der Waals surface area (Å²) in [5.41, 5.74) is 0. The van der Waals surface area contributed by atoms with Gasteiger partial charge in [-0.2, -0.15) is 0 Å². The monoisotopic (exact) mass is 151 g/mol. The molecule has 0 saturated heterocycles. The summed E-state index contributed by atoms with van der Waals surface area (Å²) in [4.78, 5) is 4.42. The zero-order valence-electron chi connectivity index (χ0n) is 7.78. The van der Waals surface area contributed by atoms with Gasteiger partial charge in [0.25, 0.3) is 0 Å². The first kappa shape index (κ1) is 8.50. The highest BCUT2D eigenvalue weighted by molar-refractivity contribution is 6.30. The molecule has 1 radical (unpaired) electrons. The summed E-state index contributed by atoms with van der Waals surface area (Å²) in [6.45, 7) is 8.74. The van der Waals surface area contributed by atoms with Gasteiger partial charge in [-0.05, 0) is 27.7 Å². The van der Waals surface area contributed by atoms with E-state index in [-0.39, 0.29) is 0 Å². The van der Waals surface area contributed by atoms with Crippen LogP contribution in [0.1, 0.15) is 27.7 Å². The van der Waals surface area contributed by atoms with E-state index in [1.165, 1.54) is 0 Å². The van der Waals surface area contributed by atoms with Gasteiger partial charge < -0.3 is 9.62 Å². The first-order valence-electron chi connectivity index (χ1n) is 4.19. The summed E-state index contributed by atoms with van der Waals surface area (Å²) in [7, 11) is 2.15. The molecule has 0 aliphatic carbocycles. The SMILES string of the molecule is CC(C)N1[B]N(C(C)C)C=C1. The van der Waals surface area contributed by atoms with Gasteiger partial charge in [0, 0.05) is 24.5 Å². The molecule has 0 amide bonds. The number of hydrogen-bond acceptors (Lipinski definition) is 2. The Morgan fingerprint density at radius 3 is 1.45 bits per heavy atom. The van der Waals surface area contributed by atoms with Crippen LogP contribution in [0.3, 0.4) is 0 Å². The second kappa shape index (κ2) is 3.20. The Balaban J connectivity index is 2.43. The molecule has 3 heteroatoms. The molecule has 1 aliphatic heterocycles. The van der Waals surface area contributed by atoms with Crippen LogP contribution < -0.4 is 0 Å². The minimum atomic E-state index is 0.565. The first-order chi connectivity index (χ1) is 5.11. The highest BCUT2D eigenvalue weighted by Gasteiger charge is 2.19. The smallest absolute Gasteiger partial charge is 0.391 e. The lowest BCUT2D eigenvalue weighted by molar-refractivity contribution is 0.442. The van der Waals surface area contributed by atoms with Crippen molar-refractivity contribution in [2.24, 2.45) is 0 Å². The topological polar surface area (TPSA) is 6.48 Å². The summed E-state index contributed by atoms with van der Waals surface area (Å²) in [6, 6.07) is 1.13. The third-order valence-corrected chi connectivity index (χ3v) is 1.87. The Bertz CT molecular complexity index is 138. The third kappa shape index (κ3) is 1.92. The second-order valence-corrected chi connectivity index (χ2v) is 3.50. The van der Waals surface area contributed by atoms with Gasteiger partial charge in [-0.15, -0.1) is 0 Å². The largest absolute Gasteiger partial charge is 0.401 e. The van der Waals surface area contributed by atoms with E-state index < -0.39 is 0 Å². The van der Waals surface area contributed by atoms with E-state index >= 15 is 0 Å². The van der Waals surface area contributed by atoms with Crippen molar-refractivity contribution in [2.75, 3.05) is 0 Å². The van der Waals surface area contributed by atoms with Crippen LogP contribution in [0.4, 0.5) is 0 Å². The van der Waals surface area contributed by atoms with Gasteiger partial charge in [0.15, 0.2) is 0 Å². The van der Waals surface area contributed by atoms with Gasteiger partial charge in [0.05, 0.1) is 0 Å². The minimum Gasteiger partial charge on any atom is -0.401 e. The molecule has 1 rings (SSSR count). The molecule has 0 unspecified atom stereocenters. The number of hydrogen-bond donors (Lipinski definition) is 0. The number of nitrogens with zero attached hydrogens (tertiary/aromatic N) is 2. The van der Waals surface area contributed by atoms with Crippen LogP contribution >= 0.6 is 0 Å². The van der Waals surface area contributed by atoms with E-state index in [1.54, 1.807) is 0 Å². The molecule has 0 aromatic heterocycles. The number of rotatable bonds is 2. The van der Waals surface area contributed by atoms with Crippen LogP contribution in [0.5, 0.6) is 0 Å². The van der Waals surface area contributed by atoms with Gasteiger partial charge in [-0.3, -0.25) is 0 Å². The molecule has 1 heterocycles. The van der Waals surface area contributed by atoms with Gasteiger partial charge in [-0.25, -0.2) is 0 Å². The molecule has 2 nitrogen and oxygen atoms in total. The van der Waals surface area contributed by atoms with Crippen molar-refractivity contribution in [3.63, 3.8) is 0 Å². The van der Waals surface area contributed by atoms with Crippen molar-refractivity contribution in [3.05, 3.63) is 12.4 Å². The molecule has 0 saturated carbocycles. The van der Waals surface area contributed by atoms with E-state index in [9.17, 15) is 0 Å². The lowest BCUT2D eigenvalue weighted by Crippen LogP contribution is -2.37. The van der Waals surface area contributed by atoms with Crippen LogP contribution in [0.25, 0.3) is 0 Å². The molecule has 1 aliphatic rings. The van der Waals surface area contributed by atoms with E-state index in [0.717, 1.165) is 0 Å². The zero-order chi connectivity index (χ0) is 8.43. The Morgan fingerprint density at radius 1 is 0.909 bits per heavy atom. The summed E-state index contributed by atoms with van der Waals surface area (Å²) in [6.07, 6.45) is 4.23. The fraction of sp³-hybridized carbons (Fsp3) is 0.750. The van der Waals surface area contributed by atoms with Gasteiger partial charge in [-0.1, -0.05) is 0 Å². The van der Waals surface area contributed by atoms with Crippen molar-refractivity contribution < 1.29 is 0 Å². The van der Waals surface area contributed by atoms with Crippen molar-refractivity contribution in [3.8, 4) is 0 Å². The van der Waals surface area contributed by atoms with E-state index in [4.69, 9.17) is 0 Å². The summed E-state index contributed by atoms with van der Waals surface area (Å²) in [5.74, 6) is 0. The van der Waals surface area contributed by atoms with Crippen molar-refractivity contribution in [1.82, 2.24) is 9.62 Å². The summed E-state index contributed by atoms with van der Waals surface area (Å²) >= 11 is 0. The fourth-order valence-electron chi connectivity index (χ4n) is 0.996. The van der Waals surface area contributed by atoms with Gasteiger partial charge in [0.1, 0.15) is 0 Å². The predicted molar refractivity (Wildman–Crippen MR) is 48.8 cm³/mol. The van der Waals surface area contributed by atoms with E-state index in [2.05, 4.69) is 57.3 Å². The van der Waals surface area contributed by atoms with Crippen LogP contribution in [-0.4, -0.2) is 29.3 Å². The van der Waals surface area contributed by atoms with E-state index in [1.807, 2.05) is 0 Å². The maximum Gasteiger partial charge on any atom is 0.391 e. The molecule has 61 valence electrons. The van der Waals surface area contributed by atoms with E-state index in [0.29, 0.717) is 12.1 Å². The lowest BCUT2D eigenvalue weighted by atomic mass is 10.0. The molecule has 0 aromatic rings. The molecule has 0 bridgehead atoms. The Labute approximate surface area is 70.2 Å². The third-order valence-electron chi connectivity index (χ3n) is 1.87. The Morgan fingerprint density at radius 2 is 1.27 bits per heavy atom. The molecular formula is C8H16BN2. The molecule has 0 aromatic carbocycles. The van der Waals surface area contributed by atoms with Crippen LogP contribution in [0, 0.1) is 0 Å². The predicted octanol–water partition coefficient (Wildman–Crippen LogP) is 1.43. The Kier molecular flexibility index (Phi) is 2.47. The molecule has 11 heavy (non-hydrogen) atoms. The zero-order valence-corrected chi connectivity index (χ0v) is 7.78. The van der Waals surface area contributed by atoms with Crippen LogP contribution in [-0.2, 0) is 0 Å². The molecule has 0 atom stereocenters. The average molecular weight is 151 g/mol. The summed E-state index contributed by atoms with van der Waals surface area (Å²) < 4.78 is 0. The lowest BCUT2D eigenvalue weighted by Gasteiger charge is -2.24.